The zero-order valence-corrected chi connectivity index (χ0v) is 24.4. The predicted molar refractivity (Wildman–Crippen MR) is 184 cm³/mol. The van der Waals surface area contributed by atoms with Gasteiger partial charge in [-0.25, -0.2) is 24.9 Å². The SMILES string of the molecule is c1ccc(-c2ncc3c4ccccc4c4cnc(-c5ccc6c(c5)n5c7ccccc7nc5n6-c5ccccc5)nc4c3n2)cc1. The summed E-state index contributed by atoms with van der Waals surface area (Å²) in [4.78, 5) is 25.1. The van der Waals surface area contributed by atoms with Crippen LogP contribution in [-0.4, -0.2) is 33.9 Å². The van der Waals surface area contributed by atoms with Crippen LogP contribution in [0, 0.1) is 0 Å². The van der Waals surface area contributed by atoms with Crippen molar-refractivity contribution in [3.63, 3.8) is 0 Å². The number of fused-ring (bicyclic) bond motifs is 11. The monoisotopic (exact) mass is 589 g/mol. The van der Waals surface area contributed by atoms with Gasteiger partial charge < -0.3 is 0 Å². The molecule has 6 aromatic carbocycles. The topological polar surface area (TPSA) is 73.8 Å². The predicted octanol–water partition coefficient (Wildman–Crippen LogP) is 8.80. The van der Waals surface area contributed by atoms with Gasteiger partial charge in [0.1, 0.15) is 11.0 Å². The molecule has 4 aromatic heterocycles. The number of para-hydroxylation sites is 3. The molecule has 0 amide bonds. The summed E-state index contributed by atoms with van der Waals surface area (Å²) in [6.07, 6.45) is 3.86. The van der Waals surface area contributed by atoms with Gasteiger partial charge in [-0.05, 0) is 53.2 Å². The first kappa shape index (κ1) is 24.9. The Morgan fingerprint density at radius 2 is 1.04 bits per heavy atom. The van der Waals surface area contributed by atoms with Crippen molar-refractivity contribution in [1.82, 2.24) is 33.9 Å². The highest BCUT2D eigenvalue weighted by atomic mass is 15.2. The summed E-state index contributed by atoms with van der Waals surface area (Å²) in [7, 11) is 0. The van der Waals surface area contributed by atoms with Crippen molar-refractivity contribution in [2.45, 2.75) is 0 Å². The van der Waals surface area contributed by atoms with E-state index in [1.807, 2.05) is 67.0 Å². The summed E-state index contributed by atoms with van der Waals surface area (Å²) in [5, 5.41) is 4.09. The Bertz CT molecular complexity index is 2800. The highest BCUT2D eigenvalue weighted by Crippen LogP contribution is 2.36. The number of hydrogen-bond donors (Lipinski definition) is 0. The second-order valence-corrected chi connectivity index (χ2v) is 11.4. The van der Waals surface area contributed by atoms with Gasteiger partial charge in [0.2, 0.25) is 5.78 Å². The molecule has 7 heteroatoms. The lowest BCUT2D eigenvalue weighted by Crippen LogP contribution is -1.97. The van der Waals surface area contributed by atoms with E-state index in [4.69, 9.17) is 24.9 Å². The van der Waals surface area contributed by atoms with E-state index in [0.717, 1.165) is 77.2 Å². The van der Waals surface area contributed by atoms with Gasteiger partial charge in [-0.3, -0.25) is 8.97 Å². The Kier molecular flexibility index (Phi) is 5.15. The summed E-state index contributed by atoms with van der Waals surface area (Å²) in [6.45, 7) is 0. The molecule has 10 rings (SSSR count). The van der Waals surface area contributed by atoms with Gasteiger partial charge in [0.25, 0.3) is 0 Å². The van der Waals surface area contributed by atoms with Crippen LogP contribution in [0.25, 0.3) is 88.9 Å². The van der Waals surface area contributed by atoms with E-state index in [9.17, 15) is 0 Å². The van der Waals surface area contributed by atoms with Crippen molar-refractivity contribution < 1.29 is 0 Å². The van der Waals surface area contributed by atoms with Crippen molar-refractivity contribution >= 4 is 60.4 Å². The number of nitrogens with zero attached hydrogens (tertiary/aromatic N) is 7. The van der Waals surface area contributed by atoms with Crippen LogP contribution < -0.4 is 0 Å². The van der Waals surface area contributed by atoms with Crippen LogP contribution >= 0.6 is 0 Å². The smallest absolute Gasteiger partial charge is 0.220 e. The molecule has 0 N–H and O–H groups in total. The molecule has 0 aliphatic carbocycles. The molecular formula is C39H23N7. The van der Waals surface area contributed by atoms with Gasteiger partial charge in [0.05, 0.1) is 22.1 Å². The molecule has 0 spiro atoms. The van der Waals surface area contributed by atoms with E-state index < -0.39 is 0 Å². The van der Waals surface area contributed by atoms with Crippen LogP contribution in [0.3, 0.4) is 0 Å². The minimum atomic E-state index is 0.635. The van der Waals surface area contributed by atoms with Gasteiger partial charge in [0.15, 0.2) is 11.6 Å². The van der Waals surface area contributed by atoms with Gasteiger partial charge in [-0.15, -0.1) is 0 Å². The highest BCUT2D eigenvalue weighted by Gasteiger charge is 2.19. The average Bonchev–Trinajstić information content (AvgIpc) is 3.66. The standard InChI is InChI=1S/C39H23N7/c1-3-11-24(12-4-1)37-40-22-29-27-15-7-8-16-28(27)30-23-41-38(44-36(30)35(29)43-37)25-19-20-33-34(21-25)46-32-18-10-9-17-31(32)42-39(46)45(33)26-13-5-2-6-14-26/h1-23H. The number of hydrogen-bond acceptors (Lipinski definition) is 5. The fourth-order valence-electron chi connectivity index (χ4n) is 6.71. The lowest BCUT2D eigenvalue weighted by Gasteiger charge is -2.11. The summed E-state index contributed by atoms with van der Waals surface area (Å²) in [5.74, 6) is 2.17. The normalized spacial score (nSPS) is 11.9. The zero-order chi connectivity index (χ0) is 30.2. The molecule has 0 saturated carbocycles. The zero-order valence-electron chi connectivity index (χ0n) is 24.4. The van der Waals surface area contributed by atoms with E-state index in [1.54, 1.807) is 0 Å². The summed E-state index contributed by atoms with van der Waals surface area (Å²) in [5.41, 5.74) is 8.64. The highest BCUT2D eigenvalue weighted by molar-refractivity contribution is 6.23. The lowest BCUT2D eigenvalue weighted by molar-refractivity contribution is 1.11. The Balaban J connectivity index is 1.25. The molecular weight excluding hydrogens is 566 g/mol. The van der Waals surface area contributed by atoms with Crippen molar-refractivity contribution in [2.75, 3.05) is 0 Å². The molecule has 10 aromatic rings. The van der Waals surface area contributed by atoms with Crippen LogP contribution in [0.15, 0.2) is 140 Å². The van der Waals surface area contributed by atoms with Crippen LogP contribution in [-0.2, 0) is 0 Å². The quantitative estimate of drug-likeness (QED) is 0.193. The fourth-order valence-corrected chi connectivity index (χ4v) is 6.71. The first-order valence-corrected chi connectivity index (χ1v) is 15.2. The van der Waals surface area contributed by atoms with Crippen LogP contribution in [0.5, 0.6) is 0 Å². The van der Waals surface area contributed by atoms with E-state index in [0.29, 0.717) is 11.6 Å². The van der Waals surface area contributed by atoms with Crippen molar-refractivity contribution in [1.29, 1.82) is 0 Å². The van der Waals surface area contributed by atoms with E-state index in [2.05, 4.69) is 81.8 Å². The van der Waals surface area contributed by atoms with E-state index >= 15 is 0 Å². The molecule has 0 saturated heterocycles. The molecule has 0 fully saturated rings. The maximum Gasteiger partial charge on any atom is 0.220 e. The number of benzene rings is 6. The van der Waals surface area contributed by atoms with Crippen LogP contribution in [0.1, 0.15) is 0 Å². The number of imidazole rings is 2. The molecule has 214 valence electrons. The summed E-state index contributed by atoms with van der Waals surface area (Å²) in [6, 6.07) is 43.4. The molecule has 0 atom stereocenters. The lowest BCUT2D eigenvalue weighted by atomic mass is 10.0. The number of aromatic nitrogens is 7. The van der Waals surface area contributed by atoms with Crippen molar-refractivity contribution in [2.24, 2.45) is 0 Å². The first-order chi connectivity index (χ1) is 22.8. The van der Waals surface area contributed by atoms with Crippen molar-refractivity contribution in [3.8, 4) is 28.5 Å². The minimum Gasteiger partial charge on any atom is -0.278 e. The van der Waals surface area contributed by atoms with Gasteiger partial charge >= 0.3 is 0 Å². The molecule has 0 radical (unpaired) electrons. The Labute approximate surface area is 262 Å². The van der Waals surface area contributed by atoms with Gasteiger partial charge in [-0.1, -0.05) is 84.9 Å². The van der Waals surface area contributed by atoms with Gasteiger partial charge in [-0.2, -0.15) is 0 Å². The largest absolute Gasteiger partial charge is 0.278 e. The molecule has 46 heavy (non-hydrogen) atoms. The Morgan fingerprint density at radius 3 is 1.76 bits per heavy atom. The molecule has 4 heterocycles. The molecule has 7 nitrogen and oxygen atoms in total. The third-order valence-electron chi connectivity index (χ3n) is 8.81. The fraction of sp³-hybridized carbons (Fsp3) is 0. The van der Waals surface area contributed by atoms with E-state index in [1.165, 1.54) is 0 Å². The Hall–Kier alpha value is -6.47. The maximum absolute atomic E-state index is 5.23. The third-order valence-corrected chi connectivity index (χ3v) is 8.81. The molecule has 0 bridgehead atoms. The third kappa shape index (κ3) is 3.56. The molecule has 0 aliphatic heterocycles. The number of rotatable bonds is 3. The first-order valence-electron chi connectivity index (χ1n) is 15.2. The second kappa shape index (κ2) is 9.51. The summed E-state index contributed by atoms with van der Waals surface area (Å²) < 4.78 is 4.44. The Morgan fingerprint density at radius 1 is 0.435 bits per heavy atom. The average molecular weight is 590 g/mol. The van der Waals surface area contributed by atoms with Crippen molar-refractivity contribution in [3.05, 3.63) is 140 Å². The minimum absolute atomic E-state index is 0.635. The maximum atomic E-state index is 5.23. The van der Waals surface area contributed by atoms with Gasteiger partial charge in [0, 0.05) is 40.0 Å². The van der Waals surface area contributed by atoms with Crippen LogP contribution in [0.2, 0.25) is 0 Å². The van der Waals surface area contributed by atoms with E-state index in [-0.39, 0.29) is 0 Å². The molecule has 0 unspecified atom stereocenters. The molecule has 0 aliphatic rings. The second-order valence-electron chi connectivity index (χ2n) is 11.4. The summed E-state index contributed by atoms with van der Waals surface area (Å²) >= 11 is 0. The van der Waals surface area contributed by atoms with Crippen LogP contribution in [0.4, 0.5) is 0 Å².